The Hall–Kier alpha value is -2.53. The maximum atomic E-state index is 11.7. The Kier molecular flexibility index (Phi) is 6.27. The van der Waals surface area contributed by atoms with E-state index in [1.54, 1.807) is 16.8 Å². The first-order valence-corrected chi connectivity index (χ1v) is 9.81. The normalized spacial score (nSPS) is 11.6. The van der Waals surface area contributed by atoms with Crippen molar-refractivity contribution in [3.05, 3.63) is 29.6 Å². The zero-order valence-corrected chi connectivity index (χ0v) is 16.0. The van der Waals surface area contributed by atoms with Crippen LogP contribution in [-0.2, 0) is 14.8 Å². The first kappa shape index (κ1) is 19.8. The lowest BCUT2D eigenvalue weighted by Crippen LogP contribution is -2.39. The van der Waals surface area contributed by atoms with Gasteiger partial charge in [-0.25, -0.2) is 13.1 Å². The third kappa shape index (κ3) is 5.49. The Morgan fingerprint density at radius 1 is 1.23 bits per heavy atom. The third-order valence-corrected chi connectivity index (χ3v) is 4.82. The standard InChI is InChI=1S/C15H23N7O3S/c1-11-9-12(2)22(20-11)14-6-5-13(18-19-14)16-7-8-17-15(23)10-21(3)26(4,24)25/h5-6,9H,7-8,10H2,1-4H3,(H,16,18)(H,17,23). The lowest BCUT2D eigenvalue weighted by atomic mass is 10.4. The SMILES string of the molecule is Cc1cc(C)n(-c2ccc(NCCNC(=O)CN(C)S(C)(=O)=O)nn2)n1. The predicted molar refractivity (Wildman–Crippen MR) is 97.6 cm³/mol. The van der Waals surface area contributed by atoms with Gasteiger partial charge in [-0.3, -0.25) is 4.79 Å². The monoisotopic (exact) mass is 381 g/mol. The number of rotatable bonds is 8. The average molecular weight is 381 g/mol. The molecular formula is C15H23N7O3S. The van der Waals surface area contributed by atoms with E-state index in [0.717, 1.165) is 21.9 Å². The molecule has 2 heterocycles. The topological polar surface area (TPSA) is 122 Å². The van der Waals surface area contributed by atoms with Crippen molar-refractivity contribution >= 4 is 21.7 Å². The zero-order valence-electron chi connectivity index (χ0n) is 15.2. The molecular weight excluding hydrogens is 358 g/mol. The van der Waals surface area contributed by atoms with Gasteiger partial charge in [0.1, 0.15) is 5.82 Å². The lowest BCUT2D eigenvalue weighted by molar-refractivity contribution is -0.121. The van der Waals surface area contributed by atoms with Crippen LogP contribution >= 0.6 is 0 Å². The molecule has 0 spiro atoms. The lowest BCUT2D eigenvalue weighted by Gasteiger charge is -2.13. The van der Waals surface area contributed by atoms with Gasteiger partial charge in [0.2, 0.25) is 15.9 Å². The highest BCUT2D eigenvalue weighted by Crippen LogP contribution is 2.10. The third-order valence-electron chi connectivity index (χ3n) is 3.56. The number of sulfonamides is 1. The smallest absolute Gasteiger partial charge is 0.235 e. The Morgan fingerprint density at radius 3 is 2.50 bits per heavy atom. The summed E-state index contributed by atoms with van der Waals surface area (Å²) in [6.45, 7) is 4.40. The van der Waals surface area contributed by atoms with Crippen molar-refractivity contribution in [2.45, 2.75) is 13.8 Å². The Labute approximate surface area is 152 Å². The van der Waals surface area contributed by atoms with Crippen LogP contribution in [0, 0.1) is 13.8 Å². The molecule has 0 atom stereocenters. The highest BCUT2D eigenvalue weighted by atomic mass is 32.2. The number of aromatic nitrogens is 4. The van der Waals surface area contributed by atoms with Gasteiger partial charge in [-0.15, -0.1) is 10.2 Å². The fourth-order valence-electron chi connectivity index (χ4n) is 2.16. The van der Waals surface area contributed by atoms with E-state index < -0.39 is 10.0 Å². The molecule has 0 aliphatic rings. The molecule has 0 aliphatic carbocycles. The molecule has 0 unspecified atom stereocenters. The van der Waals surface area contributed by atoms with Crippen LogP contribution in [0.3, 0.4) is 0 Å². The van der Waals surface area contributed by atoms with Crippen LogP contribution in [0.2, 0.25) is 0 Å². The van der Waals surface area contributed by atoms with Crippen molar-refractivity contribution in [3.8, 4) is 5.82 Å². The highest BCUT2D eigenvalue weighted by molar-refractivity contribution is 7.88. The minimum Gasteiger partial charge on any atom is -0.367 e. The Bertz CT molecular complexity index is 862. The fraction of sp³-hybridized carbons (Fsp3) is 0.467. The van der Waals surface area contributed by atoms with Crippen LogP contribution in [0.15, 0.2) is 18.2 Å². The Balaban J connectivity index is 1.78. The summed E-state index contributed by atoms with van der Waals surface area (Å²) in [5, 5.41) is 18.2. The number of carbonyl (C=O) groups excluding carboxylic acids is 1. The number of amides is 1. The summed E-state index contributed by atoms with van der Waals surface area (Å²) in [5.74, 6) is 0.821. The quantitative estimate of drug-likeness (QED) is 0.602. The largest absolute Gasteiger partial charge is 0.367 e. The van der Waals surface area contributed by atoms with Crippen molar-refractivity contribution < 1.29 is 13.2 Å². The summed E-state index contributed by atoms with van der Waals surface area (Å²) in [6, 6.07) is 5.53. The van der Waals surface area contributed by atoms with E-state index in [2.05, 4.69) is 25.9 Å². The number of likely N-dealkylation sites (N-methyl/N-ethyl adjacent to an activating group) is 1. The van der Waals surface area contributed by atoms with E-state index in [1.165, 1.54) is 7.05 Å². The molecule has 2 aromatic rings. The van der Waals surface area contributed by atoms with E-state index in [1.807, 2.05) is 19.9 Å². The molecule has 2 N–H and O–H groups in total. The van der Waals surface area contributed by atoms with Crippen LogP contribution in [-0.4, -0.2) is 71.5 Å². The second-order valence-corrected chi connectivity index (χ2v) is 8.00. The van der Waals surface area contributed by atoms with Crippen molar-refractivity contribution in [3.63, 3.8) is 0 Å². The number of nitrogens with one attached hydrogen (secondary N) is 2. The minimum atomic E-state index is -3.37. The summed E-state index contributed by atoms with van der Waals surface area (Å²) in [7, 11) is -2.01. The molecule has 26 heavy (non-hydrogen) atoms. The van der Waals surface area contributed by atoms with E-state index in [0.29, 0.717) is 24.7 Å². The predicted octanol–water partition coefficient (Wildman–Crippen LogP) is -0.301. The summed E-state index contributed by atoms with van der Waals surface area (Å²) in [5.41, 5.74) is 1.88. The molecule has 142 valence electrons. The number of aryl methyl sites for hydroxylation is 2. The van der Waals surface area contributed by atoms with Crippen LogP contribution in [0.5, 0.6) is 0 Å². The van der Waals surface area contributed by atoms with Gasteiger partial charge < -0.3 is 10.6 Å². The maximum absolute atomic E-state index is 11.7. The molecule has 0 radical (unpaired) electrons. The number of carbonyl (C=O) groups is 1. The van der Waals surface area contributed by atoms with Gasteiger partial charge in [-0.05, 0) is 32.0 Å². The van der Waals surface area contributed by atoms with Gasteiger partial charge in [0.25, 0.3) is 0 Å². The van der Waals surface area contributed by atoms with Gasteiger partial charge in [0.15, 0.2) is 5.82 Å². The molecule has 2 rings (SSSR count). The van der Waals surface area contributed by atoms with E-state index in [4.69, 9.17) is 0 Å². The number of hydrogen-bond acceptors (Lipinski definition) is 7. The van der Waals surface area contributed by atoms with Gasteiger partial charge in [0, 0.05) is 25.8 Å². The summed E-state index contributed by atoms with van der Waals surface area (Å²) >= 11 is 0. The zero-order chi connectivity index (χ0) is 19.3. The van der Waals surface area contributed by atoms with Gasteiger partial charge >= 0.3 is 0 Å². The molecule has 0 bridgehead atoms. The van der Waals surface area contributed by atoms with Gasteiger partial charge in [0.05, 0.1) is 18.5 Å². The van der Waals surface area contributed by atoms with Gasteiger partial charge in [-0.1, -0.05) is 0 Å². The molecule has 0 saturated heterocycles. The molecule has 1 amide bonds. The summed E-state index contributed by atoms with van der Waals surface area (Å²) in [4.78, 5) is 11.7. The molecule has 0 fully saturated rings. The number of anilines is 1. The van der Waals surface area contributed by atoms with Crippen LogP contribution in [0.4, 0.5) is 5.82 Å². The molecule has 10 nitrogen and oxygen atoms in total. The maximum Gasteiger partial charge on any atom is 0.235 e. The first-order valence-electron chi connectivity index (χ1n) is 7.96. The van der Waals surface area contributed by atoms with E-state index >= 15 is 0 Å². The van der Waals surface area contributed by atoms with Crippen molar-refractivity contribution in [1.29, 1.82) is 0 Å². The van der Waals surface area contributed by atoms with Crippen molar-refractivity contribution in [2.24, 2.45) is 0 Å². The number of hydrogen-bond donors (Lipinski definition) is 2. The Morgan fingerprint density at radius 2 is 1.96 bits per heavy atom. The van der Waals surface area contributed by atoms with Crippen molar-refractivity contribution in [2.75, 3.05) is 38.3 Å². The van der Waals surface area contributed by atoms with Gasteiger partial charge in [-0.2, -0.15) is 9.40 Å². The molecule has 0 aromatic carbocycles. The van der Waals surface area contributed by atoms with Crippen LogP contribution in [0.1, 0.15) is 11.4 Å². The minimum absolute atomic E-state index is 0.212. The first-order chi connectivity index (χ1) is 12.2. The number of nitrogens with zero attached hydrogens (tertiary/aromatic N) is 5. The van der Waals surface area contributed by atoms with E-state index in [9.17, 15) is 13.2 Å². The summed E-state index contributed by atoms with van der Waals surface area (Å²) in [6.07, 6.45) is 1.05. The molecule has 2 aromatic heterocycles. The van der Waals surface area contributed by atoms with Crippen molar-refractivity contribution in [1.82, 2.24) is 29.6 Å². The average Bonchev–Trinajstić information content (AvgIpc) is 2.89. The molecule has 0 saturated carbocycles. The highest BCUT2D eigenvalue weighted by Gasteiger charge is 2.14. The fourth-order valence-corrected chi connectivity index (χ4v) is 2.51. The van der Waals surface area contributed by atoms with E-state index in [-0.39, 0.29) is 12.5 Å². The van der Waals surface area contributed by atoms with Crippen LogP contribution in [0.25, 0.3) is 5.82 Å². The molecule has 0 aliphatic heterocycles. The summed E-state index contributed by atoms with van der Waals surface area (Å²) < 4.78 is 25.2. The molecule has 11 heteroatoms. The second-order valence-electron chi connectivity index (χ2n) is 5.91. The van der Waals surface area contributed by atoms with Crippen LogP contribution < -0.4 is 10.6 Å². The second kappa shape index (κ2) is 8.23.